The summed E-state index contributed by atoms with van der Waals surface area (Å²) >= 11 is 7.67. The summed E-state index contributed by atoms with van der Waals surface area (Å²) < 4.78 is 7.56. The fraction of sp³-hybridized carbons (Fsp3) is 0.125. The first-order valence-corrected chi connectivity index (χ1v) is 8.18. The lowest BCUT2D eigenvalue weighted by molar-refractivity contribution is 0.616. The van der Waals surface area contributed by atoms with Gasteiger partial charge >= 0.3 is 0 Å². The van der Waals surface area contributed by atoms with Crippen LogP contribution < -0.4 is 0 Å². The Morgan fingerprint density at radius 2 is 2.09 bits per heavy atom. The van der Waals surface area contributed by atoms with Crippen molar-refractivity contribution in [3.8, 4) is 0 Å². The Morgan fingerprint density at radius 3 is 2.95 bits per heavy atom. The second kappa shape index (κ2) is 5.34. The first-order chi connectivity index (χ1) is 10.7. The molecule has 6 heteroatoms. The number of hydrogen-bond donors (Lipinski definition) is 0. The van der Waals surface area contributed by atoms with E-state index in [1.807, 2.05) is 37.3 Å². The molecular formula is C16H12ClN3OS. The summed E-state index contributed by atoms with van der Waals surface area (Å²) in [4.78, 5) is 0. The lowest BCUT2D eigenvalue weighted by Gasteiger charge is -2.06. The van der Waals surface area contributed by atoms with Gasteiger partial charge in [0.25, 0.3) is 0 Å². The SMILES string of the molecule is Cc1nnc(SCc2cccc(Cl)c2)c2cc3occc3n12. The standard InChI is InChI=1S/C16H12ClN3OS/c1-10-18-19-16(22-9-11-3-2-4-12(17)7-11)14-8-15-13(20(10)14)5-6-21-15/h2-8H,9H2,1H3. The number of halogens is 1. The maximum atomic E-state index is 6.03. The third-order valence-corrected chi connectivity index (χ3v) is 4.79. The fourth-order valence-electron chi connectivity index (χ4n) is 2.53. The molecule has 4 nitrogen and oxygen atoms in total. The molecule has 0 aliphatic carbocycles. The lowest BCUT2D eigenvalue weighted by atomic mass is 10.2. The number of hydrogen-bond acceptors (Lipinski definition) is 4. The van der Waals surface area contributed by atoms with E-state index in [0.29, 0.717) is 0 Å². The van der Waals surface area contributed by atoms with Gasteiger partial charge in [-0.1, -0.05) is 35.5 Å². The van der Waals surface area contributed by atoms with E-state index in [0.717, 1.165) is 43.8 Å². The third-order valence-electron chi connectivity index (χ3n) is 3.52. The molecule has 3 aromatic heterocycles. The van der Waals surface area contributed by atoms with Crippen LogP contribution in [0.4, 0.5) is 0 Å². The number of thioether (sulfide) groups is 1. The smallest absolute Gasteiger partial charge is 0.152 e. The summed E-state index contributed by atoms with van der Waals surface area (Å²) in [5.41, 5.74) is 4.05. The molecule has 4 rings (SSSR count). The zero-order chi connectivity index (χ0) is 15.1. The molecule has 0 spiro atoms. The van der Waals surface area contributed by atoms with Crippen molar-refractivity contribution in [3.63, 3.8) is 0 Å². The van der Waals surface area contributed by atoms with Crippen molar-refractivity contribution in [2.45, 2.75) is 17.7 Å². The van der Waals surface area contributed by atoms with E-state index in [1.165, 1.54) is 0 Å². The number of benzene rings is 1. The molecule has 22 heavy (non-hydrogen) atoms. The van der Waals surface area contributed by atoms with Gasteiger partial charge in [-0.15, -0.1) is 10.2 Å². The van der Waals surface area contributed by atoms with Crippen molar-refractivity contribution < 1.29 is 4.42 Å². The largest absolute Gasteiger partial charge is 0.463 e. The number of aryl methyl sites for hydroxylation is 1. The van der Waals surface area contributed by atoms with Gasteiger partial charge in [-0.25, -0.2) is 0 Å². The van der Waals surface area contributed by atoms with Crippen LogP contribution >= 0.6 is 23.4 Å². The van der Waals surface area contributed by atoms with Crippen LogP contribution in [0.25, 0.3) is 16.6 Å². The molecule has 1 aromatic carbocycles. The Hall–Kier alpha value is -1.98. The van der Waals surface area contributed by atoms with Gasteiger partial charge in [0, 0.05) is 22.9 Å². The molecule has 0 radical (unpaired) electrons. The van der Waals surface area contributed by atoms with Gasteiger partial charge in [0.2, 0.25) is 0 Å². The molecule has 0 aliphatic rings. The Morgan fingerprint density at radius 1 is 1.18 bits per heavy atom. The second-order valence-electron chi connectivity index (χ2n) is 5.01. The molecule has 0 saturated heterocycles. The summed E-state index contributed by atoms with van der Waals surface area (Å²) in [7, 11) is 0. The van der Waals surface area contributed by atoms with Gasteiger partial charge in [-0.3, -0.25) is 4.40 Å². The van der Waals surface area contributed by atoms with Crippen molar-refractivity contribution in [2.24, 2.45) is 0 Å². The number of furan rings is 1. The summed E-state index contributed by atoms with van der Waals surface area (Å²) in [6, 6.07) is 11.8. The Kier molecular flexibility index (Phi) is 3.32. The maximum absolute atomic E-state index is 6.03. The van der Waals surface area contributed by atoms with Crippen molar-refractivity contribution in [3.05, 3.63) is 59.1 Å². The van der Waals surface area contributed by atoms with E-state index >= 15 is 0 Å². The van der Waals surface area contributed by atoms with Crippen LogP contribution in [0, 0.1) is 6.92 Å². The highest BCUT2D eigenvalue weighted by atomic mass is 35.5. The molecule has 0 amide bonds. The Bertz CT molecular complexity index is 976. The lowest BCUT2D eigenvalue weighted by Crippen LogP contribution is -1.99. The Balaban J connectivity index is 1.74. The van der Waals surface area contributed by atoms with Gasteiger partial charge in [0.15, 0.2) is 5.58 Å². The van der Waals surface area contributed by atoms with Crippen molar-refractivity contribution in [1.82, 2.24) is 14.6 Å². The van der Waals surface area contributed by atoms with Gasteiger partial charge in [0.05, 0.1) is 17.3 Å². The van der Waals surface area contributed by atoms with E-state index in [2.05, 4.69) is 20.7 Å². The number of nitrogens with zero attached hydrogens (tertiary/aromatic N) is 3. The highest BCUT2D eigenvalue weighted by Crippen LogP contribution is 2.30. The van der Waals surface area contributed by atoms with Crippen LogP contribution in [0.5, 0.6) is 0 Å². The topological polar surface area (TPSA) is 43.3 Å². The average Bonchev–Trinajstić information content (AvgIpc) is 3.07. The zero-order valence-corrected chi connectivity index (χ0v) is 13.4. The molecule has 0 N–H and O–H groups in total. The van der Waals surface area contributed by atoms with Crippen LogP contribution in [-0.2, 0) is 5.75 Å². The van der Waals surface area contributed by atoms with Gasteiger partial charge in [-0.2, -0.15) is 0 Å². The molecule has 0 saturated carbocycles. The van der Waals surface area contributed by atoms with Crippen molar-refractivity contribution >= 4 is 40.0 Å². The summed E-state index contributed by atoms with van der Waals surface area (Å²) in [6.07, 6.45) is 1.69. The Labute approximate surface area is 136 Å². The molecule has 0 aliphatic heterocycles. The third kappa shape index (κ3) is 2.26. The van der Waals surface area contributed by atoms with Crippen LogP contribution in [0.3, 0.4) is 0 Å². The van der Waals surface area contributed by atoms with E-state index < -0.39 is 0 Å². The predicted octanol–water partition coefficient (Wildman–Crippen LogP) is 4.73. The van der Waals surface area contributed by atoms with E-state index in [-0.39, 0.29) is 0 Å². The fourth-order valence-corrected chi connectivity index (χ4v) is 3.62. The monoisotopic (exact) mass is 329 g/mol. The molecule has 110 valence electrons. The summed E-state index contributed by atoms with van der Waals surface area (Å²) in [5, 5.41) is 10.2. The minimum Gasteiger partial charge on any atom is -0.463 e. The highest BCUT2D eigenvalue weighted by Gasteiger charge is 2.13. The summed E-state index contributed by atoms with van der Waals surface area (Å²) in [6.45, 7) is 1.94. The van der Waals surface area contributed by atoms with Crippen molar-refractivity contribution in [2.75, 3.05) is 0 Å². The maximum Gasteiger partial charge on any atom is 0.152 e. The molecule has 0 unspecified atom stereocenters. The second-order valence-corrected chi connectivity index (χ2v) is 6.41. The molecular weight excluding hydrogens is 318 g/mol. The molecule has 0 bridgehead atoms. The van der Waals surface area contributed by atoms with Gasteiger partial charge < -0.3 is 4.42 Å². The van der Waals surface area contributed by atoms with Crippen LogP contribution in [0.2, 0.25) is 5.02 Å². The van der Waals surface area contributed by atoms with E-state index in [9.17, 15) is 0 Å². The number of rotatable bonds is 3. The first kappa shape index (κ1) is 13.7. The minimum absolute atomic E-state index is 0.749. The number of fused-ring (bicyclic) bond motifs is 3. The van der Waals surface area contributed by atoms with Gasteiger partial charge in [-0.05, 0) is 24.6 Å². The summed E-state index contributed by atoms with van der Waals surface area (Å²) in [5.74, 6) is 1.64. The van der Waals surface area contributed by atoms with Crippen LogP contribution in [0.15, 0.2) is 52.1 Å². The number of aromatic nitrogens is 3. The predicted molar refractivity (Wildman–Crippen MR) is 88.5 cm³/mol. The van der Waals surface area contributed by atoms with E-state index in [4.69, 9.17) is 16.0 Å². The molecule has 4 aromatic rings. The quantitative estimate of drug-likeness (QED) is 0.510. The molecule has 0 fully saturated rings. The molecule has 3 heterocycles. The van der Waals surface area contributed by atoms with Gasteiger partial charge in [0.1, 0.15) is 10.9 Å². The first-order valence-electron chi connectivity index (χ1n) is 6.81. The highest BCUT2D eigenvalue weighted by molar-refractivity contribution is 7.98. The van der Waals surface area contributed by atoms with Crippen molar-refractivity contribution in [1.29, 1.82) is 0 Å². The zero-order valence-electron chi connectivity index (χ0n) is 11.8. The van der Waals surface area contributed by atoms with E-state index in [1.54, 1.807) is 18.0 Å². The van der Waals surface area contributed by atoms with Crippen LogP contribution in [0.1, 0.15) is 11.4 Å². The molecule has 0 atom stereocenters. The normalized spacial score (nSPS) is 11.5. The minimum atomic E-state index is 0.749. The van der Waals surface area contributed by atoms with Crippen LogP contribution in [-0.4, -0.2) is 14.6 Å². The average molecular weight is 330 g/mol.